The van der Waals surface area contributed by atoms with E-state index in [-0.39, 0.29) is 38.6 Å². The lowest BCUT2D eigenvalue weighted by Crippen LogP contribution is -2.29. The molecule has 0 aliphatic carbocycles. The summed E-state index contributed by atoms with van der Waals surface area (Å²) in [4.78, 5) is 35.1. The van der Waals surface area contributed by atoms with Crippen molar-refractivity contribution in [3.63, 3.8) is 0 Å². The molecule has 0 fully saturated rings. The average Bonchev–Trinajstić information content (AvgIpc) is 3.38. The number of ether oxygens (including phenoxy) is 2. The number of hydrogen-bond donors (Lipinski definition) is 2. The summed E-state index contributed by atoms with van der Waals surface area (Å²) in [5.41, 5.74) is 5.38. The van der Waals surface area contributed by atoms with Gasteiger partial charge in [-0.25, -0.2) is 4.57 Å². The van der Waals surface area contributed by atoms with E-state index in [1.807, 2.05) is 0 Å². The van der Waals surface area contributed by atoms with Gasteiger partial charge < -0.3 is 20.1 Å². The lowest BCUT2D eigenvalue weighted by Gasteiger charge is -2.19. The number of hydrogen-bond acceptors (Lipinski definition) is 8. The van der Waals surface area contributed by atoms with Crippen LogP contribution in [0.15, 0.2) is 24.3 Å². The van der Waals surface area contributed by atoms with Gasteiger partial charge >= 0.3 is 19.8 Å². The van der Waals surface area contributed by atoms with Gasteiger partial charge in [0.05, 0.1) is 13.2 Å². The Kier molecular flexibility index (Phi) is 58.5. The minimum atomic E-state index is -4.39. The Balaban J connectivity index is 3.73. The van der Waals surface area contributed by atoms with Gasteiger partial charge in [0.25, 0.3) is 0 Å². The highest BCUT2D eigenvalue weighted by molar-refractivity contribution is 7.47. The van der Waals surface area contributed by atoms with Crippen molar-refractivity contribution in [3.8, 4) is 0 Å². The zero-order valence-corrected chi connectivity index (χ0v) is 49.3. The standard InChI is InChI=1S/C63H122NO8P/c1-3-5-7-9-11-13-15-17-19-20-21-22-23-24-25-26-27-28-29-30-31-32-33-34-35-36-37-38-39-40-42-43-45-47-49-51-53-55-62(65)69-59-61(60-71-73(67,68)70-58-57-64)72-63(66)56-54-52-50-48-46-44-41-18-16-14-12-10-8-6-4-2/h12,14,18,41,61H,3-11,13,15-17,19-40,42-60,64H2,1-2H3,(H,67,68)/b14-12-,41-18-. The third-order valence-electron chi connectivity index (χ3n) is 14.3. The van der Waals surface area contributed by atoms with Crippen molar-refractivity contribution in [2.24, 2.45) is 5.73 Å². The number of carbonyl (C=O) groups excluding carboxylic acids is 2. The van der Waals surface area contributed by atoms with Crippen LogP contribution in [0.3, 0.4) is 0 Å². The maximum Gasteiger partial charge on any atom is 0.472 e. The molecule has 0 heterocycles. The molecular weight excluding hydrogens is 930 g/mol. The number of rotatable bonds is 61. The minimum absolute atomic E-state index is 0.0529. The van der Waals surface area contributed by atoms with Crippen molar-refractivity contribution in [1.82, 2.24) is 0 Å². The Hall–Kier alpha value is -1.51. The number of phosphoric acid groups is 1. The maximum absolute atomic E-state index is 12.7. The molecule has 0 aliphatic heterocycles. The third-order valence-corrected chi connectivity index (χ3v) is 15.3. The first-order valence-corrected chi connectivity index (χ1v) is 33.3. The van der Waals surface area contributed by atoms with E-state index < -0.39 is 26.5 Å². The normalized spacial score (nSPS) is 13.1. The van der Waals surface area contributed by atoms with Gasteiger partial charge in [0.2, 0.25) is 0 Å². The van der Waals surface area contributed by atoms with Gasteiger partial charge in [0.15, 0.2) is 6.10 Å². The predicted octanol–water partition coefficient (Wildman–Crippen LogP) is 20.2. The van der Waals surface area contributed by atoms with Gasteiger partial charge in [-0.3, -0.25) is 18.6 Å². The highest BCUT2D eigenvalue weighted by atomic mass is 31.2. The molecule has 3 N–H and O–H groups in total. The van der Waals surface area contributed by atoms with Crippen LogP contribution in [0.1, 0.15) is 335 Å². The molecule has 2 atom stereocenters. The monoisotopic (exact) mass is 1050 g/mol. The molecule has 0 aliphatic rings. The van der Waals surface area contributed by atoms with Gasteiger partial charge in [0.1, 0.15) is 6.61 Å². The molecule has 0 aromatic heterocycles. The SMILES string of the molecule is CCCCC/C=C\C/C=C\CCCCCCCC(=O)OC(COC(=O)CCCCCCCCCCCCCCCCCCCCCCCCCCCCCCCCCCCCCCC)COP(=O)(O)OCCN. The zero-order chi connectivity index (χ0) is 53.1. The molecule has 432 valence electrons. The van der Waals surface area contributed by atoms with E-state index in [2.05, 4.69) is 38.2 Å². The fourth-order valence-corrected chi connectivity index (χ4v) is 10.4. The maximum atomic E-state index is 12.7. The Morgan fingerprint density at radius 3 is 1.07 bits per heavy atom. The Morgan fingerprint density at radius 1 is 0.411 bits per heavy atom. The van der Waals surface area contributed by atoms with Crippen LogP contribution in [0.25, 0.3) is 0 Å². The van der Waals surface area contributed by atoms with Crippen molar-refractivity contribution >= 4 is 19.8 Å². The molecule has 0 rings (SSSR count). The Bertz CT molecular complexity index is 1250. The fraction of sp³-hybridized carbons (Fsp3) is 0.905. The van der Waals surface area contributed by atoms with Gasteiger partial charge in [-0.1, -0.05) is 301 Å². The van der Waals surface area contributed by atoms with Crippen molar-refractivity contribution in [2.75, 3.05) is 26.4 Å². The van der Waals surface area contributed by atoms with Gasteiger partial charge in [-0.05, 0) is 44.9 Å². The second kappa shape index (κ2) is 59.7. The number of allylic oxidation sites excluding steroid dienone is 4. The summed E-state index contributed by atoms with van der Waals surface area (Å²) in [6.07, 6.45) is 71.4. The molecule has 2 unspecified atom stereocenters. The molecular formula is C63H122NO8P. The number of phosphoric ester groups is 1. The second-order valence-electron chi connectivity index (χ2n) is 21.6. The molecule has 0 amide bonds. The van der Waals surface area contributed by atoms with E-state index in [1.165, 1.54) is 244 Å². The van der Waals surface area contributed by atoms with Crippen molar-refractivity contribution in [3.05, 3.63) is 24.3 Å². The highest BCUT2D eigenvalue weighted by Crippen LogP contribution is 2.43. The number of carbonyl (C=O) groups is 2. The fourth-order valence-electron chi connectivity index (χ4n) is 9.61. The molecule has 0 saturated carbocycles. The van der Waals surface area contributed by atoms with Crippen LogP contribution in [0.4, 0.5) is 0 Å². The highest BCUT2D eigenvalue weighted by Gasteiger charge is 2.26. The summed E-state index contributed by atoms with van der Waals surface area (Å²) in [7, 11) is -4.39. The summed E-state index contributed by atoms with van der Waals surface area (Å²) < 4.78 is 33.0. The van der Waals surface area contributed by atoms with Crippen LogP contribution in [0.5, 0.6) is 0 Å². The van der Waals surface area contributed by atoms with Crippen LogP contribution < -0.4 is 5.73 Å². The van der Waals surface area contributed by atoms with Crippen LogP contribution in [-0.2, 0) is 32.7 Å². The quantitative estimate of drug-likeness (QED) is 0.0264. The topological polar surface area (TPSA) is 134 Å². The van der Waals surface area contributed by atoms with Crippen molar-refractivity contribution < 1.29 is 37.6 Å². The van der Waals surface area contributed by atoms with Crippen molar-refractivity contribution in [2.45, 2.75) is 341 Å². The van der Waals surface area contributed by atoms with Gasteiger partial charge in [-0.2, -0.15) is 0 Å². The lowest BCUT2D eigenvalue weighted by molar-refractivity contribution is -0.161. The molecule has 0 bridgehead atoms. The summed E-state index contributed by atoms with van der Waals surface area (Å²) in [6.45, 7) is 3.75. The summed E-state index contributed by atoms with van der Waals surface area (Å²) in [6, 6.07) is 0. The lowest BCUT2D eigenvalue weighted by atomic mass is 10.0. The second-order valence-corrected chi connectivity index (χ2v) is 23.1. The average molecular weight is 1050 g/mol. The minimum Gasteiger partial charge on any atom is -0.462 e. The molecule has 0 saturated heterocycles. The van der Waals surface area contributed by atoms with E-state index in [4.69, 9.17) is 24.3 Å². The molecule has 0 aromatic rings. The van der Waals surface area contributed by atoms with Crippen LogP contribution in [-0.4, -0.2) is 49.3 Å². The Morgan fingerprint density at radius 2 is 0.712 bits per heavy atom. The molecule has 0 spiro atoms. The molecule has 9 nitrogen and oxygen atoms in total. The molecule has 10 heteroatoms. The number of nitrogens with two attached hydrogens (primary N) is 1. The van der Waals surface area contributed by atoms with Crippen LogP contribution >= 0.6 is 7.82 Å². The first kappa shape index (κ1) is 71.5. The van der Waals surface area contributed by atoms with Gasteiger partial charge in [0, 0.05) is 19.4 Å². The smallest absolute Gasteiger partial charge is 0.462 e. The molecule has 0 aromatic carbocycles. The number of unbranched alkanes of at least 4 members (excludes halogenated alkanes) is 44. The first-order chi connectivity index (χ1) is 35.8. The van der Waals surface area contributed by atoms with Crippen molar-refractivity contribution in [1.29, 1.82) is 0 Å². The molecule has 73 heavy (non-hydrogen) atoms. The number of esters is 2. The van der Waals surface area contributed by atoms with E-state index >= 15 is 0 Å². The van der Waals surface area contributed by atoms with E-state index in [0.29, 0.717) is 6.42 Å². The summed E-state index contributed by atoms with van der Waals surface area (Å²) >= 11 is 0. The van der Waals surface area contributed by atoms with E-state index in [1.54, 1.807) is 0 Å². The van der Waals surface area contributed by atoms with Crippen LogP contribution in [0.2, 0.25) is 0 Å². The third kappa shape index (κ3) is 59.6. The van der Waals surface area contributed by atoms with Crippen LogP contribution in [0, 0.1) is 0 Å². The molecule has 0 radical (unpaired) electrons. The predicted molar refractivity (Wildman–Crippen MR) is 312 cm³/mol. The first-order valence-electron chi connectivity index (χ1n) is 31.8. The zero-order valence-electron chi connectivity index (χ0n) is 48.4. The van der Waals surface area contributed by atoms with E-state index in [0.717, 1.165) is 57.8 Å². The summed E-state index contributed by atoms with van der Waals surface area (Å²) in [5, 5.41) is 0. The van der Waals surface area contributed by atoms with Gasteiger partial charge in [-0.15, -0.1) is 0 Å². The van der Waals surface area contributed by atoms with E-state index in [9.17, 15) is 19.0 Å². The largest absolute Gasteiger partial charge is 0.472 e. The summed E-state index contributed by atoms with van der Waals surface area (Å²) in [5.74, 6) is -0.828. The Labute approximate surface area is 452 Å².